The van der Waals surface area contributed by atoms with Crippen LogP contribution in [0.2, 0.25) is 0 Å². The Balaban J connectivity index is 1.89. The minimum atomic E-state index is -4.02. The lowest BCUT2D eigenvalue weighted by molar-refractivity contribution is 0.102. The second-order valence-corrected chi connectivity index (χ2v) is 6.95. The van der Waals surface area contributed by atoms with E-state index >= 15 is 0 Å². The summed E-state index contributed by atoms with van der Waals surface area (Å²) in [5.41, 5.74) is 2.27. The summed E-state index contributed by atoms with van der Waals surface area (Å²) in [5.74, 6) is -1.61. The third kappa shape index (κ3) is 3.30. The molecule has 0 saturated heterocycles. The fourth-order valence-electron chi connectivity index (χ4n) is 2.59. The monoisotopic (exact) mass is 350 g/mol. The maximum absolute atomic E-state index is 14.1. The van der Waals surface area contributed by atoms with Crippen LogP contribution in [-0.4, -0.2) is 20.9 Å². The van der Waals surface area contributed by atoms with Crippen LogP contribution in [0.5, 0.6) is 0 Å². The molecule has 0 spiro atoms. The molecule has 1 amide bonds. The number of anilines is 1. The van der Waals surface area contributed by atoms with Crippen molar-refractivity contribution in [2.75, 3.05) is 11.9 Å². The van der Waals surface area contributed by atoms with E-state index in [9.17, 15) is 17.6 Å². The van der Waals surface area contributed by atoms with Crippen molar-refractivity contribution >= 4 is 21.6 Å². The van der Waals surface area contributed by atoms with Gasteiger partial charge in [-0.3, -0.25) is 4.79 Å². The van der Waals surface area contributed by atoms with Crippen LogP contribution in [0.4, 0.5) is 10.1 Å². The summed E-state index contributed by atoms with van der Waals surface area (Å²) in [7, 11) is -4.02. The maximum Gasteiger partial charge on any atom is 0.258 e. The summed E-state index contributed by atoms with van der Waals surface area (Å²) in [5, 5.41) is 7.62. The van der Waals surface area contributed by atoms with Crippen LogP contribution in [-0.2, 0) is 27.8 Å². The Bertz CT molecular complexity index is 912. The number of hydrogen-bond donors (Lipinski definition) is 2. The molecule has 0 aromatic heterocycles. The molecule has 2 aromatic rings. The highest BCUT2D eigenvalue weighted by Gasteiger charge is 2.19. The minimum absolute atomic E-state index is 0.257. The van der Waals surface area contributed by atoms with Crippen molar-refractivity contribution in [1.29, 1.82) is 0 Å². The predicted octanol–water partition coefficient (Wildman–Crippen LogP) is 1.80. The van der Waals surface area contributed by atoms with Gasteiger partial charge in [0, 0.05) is 5.69 Å². The Hall–Kier alpha value is -2.29. The lowest BCUT2D eigenvalue weighted by atomic mass is 10.0. The molecule has 6 nitrogen and oxygen atoms in total. The number of nitrogens with two attached hydrogens (primary N) is 1. The zero-order chi connectivity index (χ0) is 17.3. The van der Waals surface area contributed by atoms with Gasteiger partial charge in [0.1, 0.15) is 5.82 Å². The largest absolute Gasteiger partial charge is 0.376 e. The minimum Gasteiger partial charge on any atom is -0.376 e. The van der Waals surface area contributed by atoms with E-state index in [0.29, 0.717) is 25.3 Å². The quantitative estimate of drug-likeness (QED) is 0.882. The van der Waals surface area contributed by atoms with E-state index in [4.69, 9.17) is 9.88 Å². The summed E-state index contributed by atoms with van der Waals surface area (Å²) in [6.07, 6.45) is 0.651. The van der Waals surface area contributed by atoms with Gasteiger partial charge in [0.05, 0.1) is 23.7 Å². The van der Waals surface area contributed by atoms with Crippen molar-refractivity contribution in [1.82, 2.24) is 0 Å². The topological polar surface area (TPSA) is 98.5 Å². The van der Waals surface area contributed by atoms with Crippen molar-refractivity contribution in [2.45, 2.75) is 17.9 Å². The van der Waals surface area contributed by atoms with E-state index in [1.807, 2.05) is 6.07 Å². The summed E-state index contributed by atoms with van der Waals surface area (Å²) in [6, 6.07) is 8.36. The van der Waals surface area contributed by atoms with Crippen molar-refractivity contribution in [3.8, 4) is 0 Å². The molecule has 0 radical (unpaired) electrons. The summed E-state index contributed by atoms with van der Waals surface area (Å²) < 4.78 is 41.9. The van der Waals surface area contributed by atoms with Gasteiger partial charge in [-0.1, -0.05) is 12.1 Å². The van der Waals surface area contributed by atoms with E-state index in [1.54, 1.807) is 12.1 Å². The highest BCUT2D eigenvalue weighted by molar-refractivity contribution is 7.89. The molecule has 0 aliphatic carbocycles. The van der Waals surface area contributed by atoms with Crippen LogP contribution in [0.25, 0.3) is 0 Å². The number of hydrogen-bond acceptors (Lipinski definition) is 4. The molecule has 1 aliphatic rings. The number of fused-ring (bicyclic) bond motifs is 1. The Labute approximate surface area is 138 Å². The number of benzene rings is 2. The van der Waals surface area contributed by atoms with Crippen molar-refractivity contribution in [2.24, 2.45) is 5.14 Å². The first-order valence-electron chi connectivity index (χ1n) is 7.18. The van der Waals surface area contributed by atoms with Gasteiger partial charge < -0.3 is 10.1 Å². The molecule has 8 heteroatoms. The predicted molar refractivity (Wildman–Crippen MR) is 85.5 cm³/mol. The van der Waals surface area contributed by atoms with Crippen molar-refractivity contribution in [3.05, 3.63) is 58.9 Å². The molecule has 1 aliphatic heterocycles. The number of halogens is 1. The van der Waals surface area contributed by atoms with Gasteiger partial charge >= 0.3 is 0 Å². The summed E-state index contributed by atoms with van der Waals surface area (Å²) >= 11 is 0. The Morgan fingerprint density at radius 3 is 2.75 bits per heavy atom. The number of ether oxygens (including phenoxy) is 1. The smallest absolute Gasteiger partial charge is 0.258 e. The Kier molecular flexibility index (Phi) is 4.35. The molecular formula is C16H15FN2O4S. The number of amides is 1. The Morgan fingerprint density at radius 2 is 2.04 bits per heavy atom. The van der Waals surface area contributed by atoms with Crippen LogP contribution in [0.15, 0.2) is 41.3 Å². The second kappa shape index (κ2) is 6.31. The van der Waals surface area contributed by atoms with Gasteiger partial charge in [0.15, 0.2) is 0 Å². The third-order valence-electron chi connectivity index (χ3n) is 3.79. The van der Waals surface area contributed by atoms with Gasteiger partial charge in [0.25, 0.3) is 5.91 Å². The molecule has 0 bridgehead atoms. The van der Waals surface area contributed by atoms with E-state index < -0.39 is 21.7 Å². The van der Waals surface area contributed by atoms with Crippen LogP contribution in [0, 0.1) is 5.82 Å². The van der Waals surface area contributed by atoms with E-state index in [-0.39, 0.29) is 10.5 Å². The van der Waals surface area contributed by atoms with Crippen molar-refractivity contribution < 1.29 is 22.3 Å². The zero-order valence-electron chi connectivity index (χ0n) is 12.6. The number of sulfonamides is 1. The Morgan fingerprint density at radius 1 is 1.25 bits per heavy atom. The van der Waals surface area contributed by atoms with Gasteiger partial charge in [-0.25, -0.2) is 17.9 Å². The molecule has 24 heavy (non-hydrogen) atoms. The zero-order valence-corrected chi connectivity index (χ0v) is 13.4. The van der Waals surface area contributed by atoms with Gasteiger partial charge in [-0.2, -0.15) is 0 Å². The molecular weight excluding hydrogens is 335 g/mol. The molecule has 0 fully saturated rings. The summed E-state index contributed by atoms with van der Waals surface area (Å²) in [6.45, 7) is 1.02. The molecule has 0 unspecified atom stereocenters. The van der Waals surface area contributed by atoms with Crippen LogP contribution < -0.4 is 10.5 Å². The first kappa shape index (κ1) is 16.6. The van der Waals surface area contributed by atoms with E-state index in [2.05, 4.69) is 5.32 Å². The molecule has 3 rings (SSSR count). The highest BCUT2D eigenvalue weighted by atomic mass is 32.2. The highest BCUT2D eigenvalue weighted by Crippen LogP contribution is 2.25. The fourth-order valence-corrected chi connectivity index (χ4v) is 3.11. The van der Waals surface area contributed by atoms with Crippen LogP contribution in [0.1, 0.15) is 21.5 Å². The first-order chi connectivity index (χ1) is 11.4. The number of primary sulfonamides is 1. The fraction of sp³-hybridized carbons (Fsp3) is 0.188. The average Bonchev–Trinajstić information content (AvgIpc) is 2.54. The molecule has 0 saturated carbocycles. The molecule has 3 N–H and O–H groups in total. The number of rotatable bonds is 3. The molecule has 2 aromatic carbocycles. The standard InChI is InChI=1S/C16H15FN2O4S/c17-14-8-11(24(18,21)22)4-5-13(14)16(20)19-15-3-1-2-10-9-23-7-6-12(10)15/h1-5,8H,6-7,9H2,(H,19,20)(H2,18,21,22). The van der Waals surface area contributed by atoms with Gasteiger partial charge in [-0.15, -0.1) is 0 Å². The van der Waals surface area contributed by atoms with Crippen LogP contribution >= 0.6 is 0 Å². The number of carbonyl (C=O) groups excluding carboxylic acids is 1. The average molecular weight is 350 g/mol. The second-order valence-electron chi connectivity index (χ2n) is 5.39. The molecule has 126 valence electrons. The normalized spacial score (nSPS) is 14.1. The SMILES string of the molecule is NS(=O)(=O)c1ccc(C(=O)Nc2cccc3c2CCOC3)c(F)c1. The number of nitrogens with one attached hydrogen (secondary N) is 1. The lowest BCUT2D eigenvalue weighted by Gasteiger charge is -2.20. The van der Waals surface area contributed by atoms with Crippen molar-refractivity contribution in [3.63, 3.8) is 0 Å². The molecule has 1 heterocycles. The summed E-state index contributed by atoms with van der Waals surface area (Å²) in [4.78, 5) is 11.9. The van der Waals surface area contributed by atoms with Gasteiger partial charge in [-0.05, 0) is 41.8 Å². The molecule has 0 atom stereocenters. The maximum atomic E-state index is 14.1. The third-order valence-corrected chi connectivity index (χ3v) is 4.70. The van der Waals surface area contributed by atoms with E-state index in [1.165, 1.54) is 0 Å². The van der Waals surface area contributed by atoms with Gasteiger partial charge in [0.2, 0.25) is 10.0 Å². The lowest BCUT2D eigenvalue weighted by Crippen LogP contribution is -2.19. The first-order valence-corrected chi connectivity index (χ1v) is 8.73. The number of carbonyl (C=O) groups is 1. The van der Waals surface area contributed by atoms with E-state index in [0.717, 1.165) is 29.3 Å². The van der Waals surface area contributed by atoms with Crippen LogP contribution in [0.3, 0.4) is 0 Å².